The first-order valence-electron chi connectivity index (χ1n) is 9.71. The second-order valence-electron chi connectivity index (χ2n) is 7.19. The minimum atomic E-state index is -0.894. The van der Waals surface area contributed by atoms with Gasteiger partial charge >= 0.3 is 5.97 Å². The van der Waals surface area contributed by atoms with E-state index in [1.165, 1.54) is 0 Å². The molecule has 0 heterocycles. The Balaban J connectivity index is 1.80. The van der Waals surface area contributed by atoms with Gasteiger partial charge in [-0.3, -0.25) is 19.7 Å². The molecule has 0 fully saturated rings. The van der Waals surface area contributed by atoms with Crippen molar-refractivity contribution in [3.8, 4) is 0 Å². The summed E-state index contributed by atoms with van der Waals surface area (Å²) in [5.41, 5.74) is 1.59. The summed E-state index contributed by atoms with van der Waals surface area (Å²) in [6, 6.07) is 17.2. The Kier molecular flexibility index (Phi) is 8.75. The van der Waals surface area contributed by atoms with Crippen molar-refractivity contribution >= 4 is 23.7 Å². The van der Waals surface area contributed by atoms with Gasteiger partial charge in [0.25, 0.3) is 5.91 Å². The van der Waals surface area contributed by atoms with Gasteiger partial charge in [-0.25, -0.2) is 4.79 Å². The fourth-order valence-electron chi connectivity index (χ4n) is 2.75. The highest BCUT2D eigenvalue weighted by Crippen LogP contribution is 2.06. The lowest BCUT2D eigenvalue weighted by molar-refractivity contribution is -0.153. The topological polar surface area (TPSA) is 102 Å². The van der Waals surface area contributed by atoms with Gasteiger partial charge in [0.05, 0.1) is 12.8 Å². The minimum Gasteiger partial charge on any atom is -0.454 e. The third kappa shape index (κ3) is 7.87. The fourth-order valence-corrected chi connectivity index (χ4v) is 2.75. The molecular weight excluding hydrogens is 384 g/mol. The average Bonchev–Trinajstić information content (AvgIpc) is 2.71. The summed E-state index contributed by atoms with van der Waals surface area (Å²) in [5.74, 6) is -2.49. The van der Waals surface area contributed by atoms with Gasteiger partial charge in [0.15, 0.2) is 6.61 Å². The molecule has 0 aliphatic rings. The second-order valence-corrected chi connectivity index (χ2v) is 7.19. The Morgan fingerprint density at radius 3 is 1.77 bits per heavy atom. The van der Waals surface area contributed by atoms with Crippen LogP contribution in [0.25, 0.3) is 0 Å². The number of hydrogen-bond donors (Lipinski definition) is 2. The normalized spacial score (nSPS) is 11.4. The Hall–Kier alpha value is -3.48. The molecule has 30 heavy (non-hydrogen) atoms. The number of benzene rings is 2. The van der Waals surface area contributed by atoms with Crippen molar-refractivity contribution in [2.45, 2.75) is 32.7 Å². The minimum absolute atomic E-state index is 0.0463. The lowest BCUT2D eigenvalue weighted by Crippen LogP contribution is -2.47. The van der Waals surface area contributed by atoms with Crippen LogP contribution in [0.1, 0.15) is 25.0 Å². The molecule has 0 aliphatic carbocycles. The maximum atomic E-state index is 12.4. The molecule has 0 bridgehead atoms. The van der Waals surface area contributed by atoms with Crippen molar-refractivity contribution < 1.29 is 23.9 Å². The van der Waals surface area contributed by atoms with Crippen LogP contribution in [-0.4, -0.2) is 36.3 Å². The molecule has 0 saturated carbocycles. The van der Waals surface area contributed by atoms with E-state index in [1.807, 2.05) is 36.4 Å². The zero-order valence-electron chi connectivity index (χ0n) is 17.1. The van der Waals surface area contributed by atoms with Crippen LogP contribution in [0.15, 0.2) is 60.7 Å². The monoisotopic (exact) mass is 410 g/mol. The Labute approximate surface area is 175 Å². The third-order valence-corrected chi connectivity index (χ3v) is 4.28. The van der Waals surface area contributed by atoms with Gasteiger partial charge in [0.1, 0.15) is 6.04 Å². The zero-order valence-corrected chi connectivity index (χ0v) is 17.1. The predicted molar refractivity (Wildman–Crippen MR) is 111 cm³/mol. The van der Waals surface area contributed by atoms with Crippen molar-refractivity contribution in [3.05, 3.63) is 71.8 Å². The number of carbonyl (C=O) groups is 4. The summed E-state index contributed by atoms with van der Waals surface area (Å²) in [6.45, 7) is 2.92. The molecule has 2 N–H and O–H groups in total. The molecule has 0 unspecified atom stereocenters. The first kappa shape index (κ1) is 22.8. The van der Waals surface area contributed by atoms with Crippen LogP contribution < -0.4 is 10.6 Å². The van der Waals surface area contributed by atoms with E-state index in [0.29, 0.717) is 0 Å². The molecule has 3 amide bonds. The summed E-state index contributed by atoms with van der Waals surface area (Å²) in [5, 5.41) is 4.83. The van der Waals surface area contributed by atoms with E-state index in [1.54, 1.807) is 38.1 Å². The van der Waals surface area contributed by atoms with Gasteiger partial charge in [-0.1, -0.05) is 74.5 Å². The van der Waals surface area contributed by atoms with E-state index in [4.69, 9.17) is 4.74 Å². The number of amides is 3. The Morgan fingerprint density at radius 2 is 1.27 bits per heavy atom. The number of imide groups is 1. The quantitative estimate of drug-likeness (QED) is 0.614. The standard InChI is InChI=1S/C23H26N2O5/c1-16(2)22(25-20(27)14-18-11-7-4-8-12-18)23(29)30-15-21(28)24-19(26)13-17-9-5-3-6-10-17/h3-12,16,22H,13-15H2,1-2H3,(H,25,27)(H,24,26,28)/t22-/m0/s1. The van der Waals surface area contributed by atoms with Crippen LogP contribution in [0.5, 0.6) is 0 Å². The Bertz CT molecular complexity index is 866. The first-order chi connectivity index (χ1) is 14.3. The lowest BCUT2D eigenvalue weighted by Gasteiger charge is -2.20. The zero-order chi connectivity index (χ0) is 21.9. The molecule has 0 aliphatic heterocycles. The van der Waals surface area contributed by atoms with E-state index in [9.17, 15) is 19.2 Å². The van der Waals surface area contributed by atoms with Crippen LogP contribution in [-0.2, 0) is 36.8 Å². The summed E-state index contributed by atoms with van der Waals surface area (Å²) >= 11 is 0. The lowest BCUT2D eigenvalue weighted by atomic mass is 10.0. The van der Waals surface area contributed by atoms with Crippen LogP contribution in [0.2, 0.25) is 0 Å². The molecule has 0 spiro atoms. The van der Waals surface area contributed by atoms with Gasteiger partial charge in [0, 0.05) is 0 Å². The van der Waals surface area contributed by atoms with Crippen molar-refractivity contribution in [1.82, 2.24) is 10.6 Å². The van der Waals surface area contributed by atoms with Crippen LogP contribution in [0.3, 0.4) is 0 Å². The van der Waals surface area contributed by atoms with Gasteiger partial charge in [-0.2, -0.15) is 0 Å². The van der Waals surface area contributed by atoms with E-state index in [-0.39, 0.29) is 24.7 Å². The Morgan fingerprint density at radius 1 is 0.767 bits per heavy atom. The SMILES string of the molecule is CC(C)[C@H](NC(=O)Cc1ccccc1)C(=O)OCC(=O)NC(=O)Cc1ccccc1. The molecule has 0 saturated heterocycles. The van der Waals surface area contributed by atoms with Crippen LogP contribution in [0, 0.1) is 5.92 Å². The maximum absolute atomic E-state index is 12.4. The molecule has 7 nitrogen and oxygen atoms in total. The molecule has 2 aromatic rings. The number of rotatable bonds is 9. The second kappa shape index (κ2) is 11.5. The number of carbonyl (C=O) groups excluding carboxylic acids is 4. The van der Waals surface area contributed by atoms with Gasteiger partial charge in [0.2, 0.25) is 11.8 Å². The van der Waals surface area contributed by atoms with Crippen molar-refractivity contribution in [2.75, 3.05) is 6.61 Å². The summed E-state index contributed by atoms with van der Waals surface area (Å²) < 4.78 is 5.01. The third-order valence-electron chi connectivity index (χ3n) is 4.28. The van der Waals surface area contributed by atoms with Crippen LogP contribution in [0.4, 0.5) is 0 Å². The van der Waals surface area contributed by atoms with E-state index >= 15 is 0 Å². The number of esters is 1. The van der Waals surface area contributed by atoms with Gasteiger partial charge in [-0.05, 0) is 17.0 Å². The van der Waals surface area contributed by atoms with Crippen molar-refractivity contribution in [1.29, 1.82) is 0 Å². The van der Waals surface area contributed by atoms with Gasteiger partial charge < -0.3 is 10.1 Å². The molecule has 0 aromatic heterocycles. The van der Waals surface area contributed by atoms with E-state index < -0.39 is 30.4 Å². The smallest absolute Gasteiger partial charge is 0.329 e. The van der Waals surface area contributed by atoms with Gasteiger partial charge in [-0.15, -0.1) is 0 Å². The molecule has 2 rings (SSSR count). The van der Waals surface area contributed by atoms with E-state index in [0.717, 1.165) is 11.1 Å². The molecule has 7 heteroatoms. The highest BCUT2D eigenvalue weighted by atomic mass is 16.5. The molecule has 158 valence electrons. The largest absolute Gasteiger partial charge is 0.454 e. The van der Waals surface area contributed by atoms with E-state index in [2.05, 4.69) is 10.6 Å². The first-order valence-corrected chi connectivity index (χ1v) is 9.71. The summed E-state index contributed by atoms with van der Waals surface area (Å²) in [6.07, 6.45) is 0.177. The van der Waals surface area contributed by atoms with Crippen LogP contribution >= 0.6 is 0 Å². The predicted octanol–water partition coefficient (Wildman–Crippen LogP) is 1.80. The molecular formula is C23H26N2O5. The average molecular weight is 410 g/mol. The fraction of sp³-hybridized carbons (Fsp3) is 0.304. The molecule has 2 aromatic carbocycles. The number of ether oxygens (including phenoxy) is 1. The summed E-state index contributed by atoms with van der Waals surface area (Å²) in [7, 11) is 0. The van der Waals surface area contributed by atoms with Crippen molar-refractivity contribution in [2.24, 2.45) is 5.92 Å². The summed E-state index contributed by atoms with van der Waals surface area (Å²) in [4.78, 5) is 48.4. The number of hydrogen-bond acceptors (Lipinski definition) is 5. The molecule has 1 atom stereocenters. The van der Waals surface area contributed by atoms with Crippen molar-refractivity contribution in [3.63, 3.8) is 0 Å². The molecule has 0 radical (unpaired) electrons. The number of nitrogens with one attached hydrogen (secondary N) is 2. The maximum Gasteiger partial charge on any atom is 0.329 e. The highest BCUT2D eigenvalue weighted by molar-refractivity contribution is 5.97. The highest BCUT2D eigenvalue weighted by Gasteiger charge is 2.26.